The van der Waals surface area contributed by atoms with Gasteiger partial charge in [-0.25, -0.2) is 9.36 Å². The number of piperidine rings is 4. The SMILES string of the molecule is Cn1c(=O)n(CC(=O)NC2CN3CCC2CC3)c(=O)c2c1nc(N1CCC[C@@H](N)C1)n2Cc1ccccc1Cl. The molecule has 0 saturated carbocycles. The molecule has 7 rings (SSSR count). The van der Waals surface area contributed by atoms with Crippen molar-refractivity contribution < 1.29 is 4.79 Å². The Morgan fingerprint density at radius 2 is 1.87 bits per heavy atom. The largest absolute Gasteiger partial charge is 0.350 e. The number of halogens is 1. The first kappa shape index (κ1) is 26.1. The van der Waals surface area contributed by atoms with Crippen molar-refractivity contribution in [2.24, 2.45) is 18.7 Å². The van der Waals surface area contributed by atoms with Crippen LogP contribution in [0, 0.1) is 5.92 Å². The van der Waals surface area contributed by atoms with E-state index in [1.54, 1.807) is 13.1 Å². The second-order valence-corrected chi connectivity index (χ2v) is 11.6. The standard InChI is InChI=1S/C27H35ClN8O3/c1-32-24-23(25(38)36(27(32)39)16-22(37)30-21-15-33-11-8-17(21)9-12-33)35(13-18-5-2-3-7-20(18)28)26(31-24)34-10-4-6-19(29)14-34/h2-3,5,7,17,19,21H,4,6,8-16,29H2,1H3,(H,30,37)/t19-,21?/m1/s1. The molecule has 0 aliphatic carbocycles. The Balaban J connectivity index is 1.41. The second-order valence-electron chi connectivity index (χ2n) is 11.2. The molecule has 3 aromatic rings. The summed E-state index contributed by atoms with van der Waals surface area (Å²) >= 11 is 6.51. The highest BCUT2D eigenvalue weighted by Gasteiger charge is 2.35. The zero-order valence-corrected chi connectivity index (χ0v) is 22.9. The van der Waals surface area contributed by atoms with Crippen LogP contribution in [-0.4, -0.2) is 74.3 Å². The summed E-state index contributed by atoms with van der Waals surface area (Å²) < 4.78 is 4.20. The molecule has 6 heterocycles. The summed E-state index contributed by atoms with van der Waals surface area (Å²) in [5.74, 6) is 0.685. The van der Waals surface area contributed by atoms with E-state index in [2.05, 4.69) is 15.1 Å². The summed E-state index contributed by atoms with van der Waals surface area (Å²) in [4.78, 5) is 49.6. The van der Waals surface area contributed by atoms with Crippen LogP contribution in [-0.2, 0) is 24.9 Å². The summed E-state index contributed by atoms with van der Waals surface area (Å²) in [6.45, 7) is 4.22. The number of imidazole rings is 1. The Bertz CT molecular complexity index is 1520. The maximum Gasteiger partial charge on any atom is 0.332 e. The van der Waals surface area contributed by atoms with E-state index in [0.717, 1.165) is 62.0 Å². The van der Waals surface area contributed by atoms with Crippen LogP contribution in [0.2, 0.25) is 5.02 Å². The summed E-state index contributed by atoms with van der Waals surface area (Å²) in [5, 5.41) is 3.67. The molecular formula is C27H35ClN8O3. The first-order chi connectivity index (χ1) is 18.8. The Morgan fingerprint density at radius 3 is 2.56 bits per heavy atom. The number of amides is 1. The number of anilines is 1. The van der Waals surface area contributed by atoms with Crippen molar-refractivity contribution in [2.45, 2.75) is 50.9 Å². The lowest BCUT2D eigenvalue weighted by Crippen LogP contribution is -2.58. The molecule has 4 fully saturated rings. The molecule has 3 N–H and O–H groups in total. The summed E-state index contributed by atoms with van der Waals surface area (Å²) in [6.07, 6.45) is 3.94. The van der Waals surface area contributed by atoms with Gasteiger partial charge in [0.15, 0.2) is 11.2 Å². The number of nitrogens with zero attached hydrogens (tertiary/aromatic N) is 6. The van der Waals surface area contributed by atoms with Crippen LogP contribution in [0.1, 0.15) is 31.2 Å². The predicted octanol–water partition coefficient (Wildman–Crippen LogP) is 0.736. The van der Waals surface area contributed by atoms with Gasteiger partial charge in [0.1, 0.15) is 6.54 Å². The first-order valence-corrected chi connectivity index (χ1v) is 14.1. The van der Waals surface area contributed by atoms with Gasteiger partial charge in [0.25, 0.3) is 5.56 Å². The lowest BCUT2D eigenvalue weighted by molar-refractivity contribution is -0.123. The first-order valence-electron chi connectivity index (χ1n) is 13.8. The van der Waals surface area contributed by atoms with Gasteiger partial charge >= 0.3 is 5.69 Å². The highest BCUT2D eigenvalue weighted by atomic mass is 35.5. The topological polar surface area (TPSA) is 123 Å². The Kier molecular flexibility index (Phi) is 6.98. The number of nitrogens with one attached hydrogen (secondary N) is 1. The minimum atomic E-state index is -0.569. The molecule has 2 atom stereocenters. The normalized spacial score (nSPS) is 24.8. The molecule has 11 nitrogen and oxygen atoms in total. The van der Waals surface area contributed by atoms with E-state index in [1.807, 2.05) is 22.8 Å². The van der Waals surface area contributed by atoms with Crippen LogP contribution in [0.5, 0.6) is 0 Å². The zero-order chi connectivity index (χ0) is 27.3. The molecule has 1 amide bonds. The fourth-order valence-electron chi connectivity index (χ4n) is 6.40. The molecule has 1 unspecified atom stereocenters. The molecule has 1 aromatic carbocycles. The Morgan fingerprint density at radius 1 is 1.10 bits per heavy atom. The number of aryl methyl sites for hydroxylation is 1. The number of rotatable bonds is 6. The molecule has 208 valence electrons. The molecule has 39 heavy (non-hydrogen) atoms. The van der Waals surface area contributed by atoms with Crippen LogP contribution >= 0.6 is 11.6 Å². The van der Waals surface area contributed by atoms with Gasteiger partial charge in [-0.15, -0.1) is 0 Å². The average Bonchev–Trinajstić information content (AvgIpc) is 3.31. The average molecular weight is 555 g/mol. The van der Waals surface area contributed by atoms with Gasteiger partial charge in [0.2, 0.25) is 11.9 Å². The monoisotopic (exact) mass is 554 g/mol. The molecule has 4 aliphatic heterocycles. The number of benzene rings is 1. The molecule has 2 aromatic heterocycles. The number of nitrogens with two attached hydrogens (primary N) is 1. The zero-order valence-electron chi connectivity index (χ0n) is 22.2. The number of aromatic nitrogens is 4. The minimum Gasteiger partial charge on any atom is -0.350 e. The van der Waals surface area contributed by atoms with Gasteiger partial charge in [-0.1, -0.05) is 29.8 Å². The van der Waals surface area contributed by atoms with E-state index in [9.17, 15) is 14.4 Å². The molecule has 4 saturated heterocycles. The van der Waals surface area contributed by atoms with E-state index < -0.39 is 11.2 Å². The van der Waals surface area contributed by atoms with Gasteiger partial charge in [-0.2, -0.15) is 4.98 Å². The van der Waals surface area contributed by atoms with Crippen LogP contribution in [0.15, 0.2) is 33.9 Å². The number of hydrogen-bond donors (Lipinski definition) is 2. The van der Waals surface area contributed by atoms with Crippen molar-refractivity contribution in [1.82, 2.24) is 28.9 Å². The predicted molar refractivity (Wildman–Crippen MR) is 150 cm³/mol. The van der Waals surface area contributed by atoms with Gasteiger partial charge in [-0.05, 0) is 56.3 Å². The smallest absolute Gasteiger partial charge is 0.332 e. The molecule has 0 spiro atoms. The quantitative estimate of drug-likeness (QED) is 0.460. The van der Waals surface area contributed by atoms with Gasteiger partial charge in [0.05, 0.1) is 6.54 Å². The maximum absolute atomic E-state index is 13.9. The molecule has 12 heteroatoms. The molecule has 0 radical (unpaired) electrons. The number of hydrogen-bond acceptors (Lipinski definition) is 7. The molecule has 4 aliphatic rings. The summed E-state index contributed by atoms with van der Waals surface area (Å²) in [7, 11) is 1.59. The van der Waals surface area contributed by atoms with Crippen LogP contribution < -0.4 is 27.2 Å². The van der Waals surface area contributed by atoms with Crippen LogP contribution in [0.3, 0.4) is 0 Å². The Hall–Kier alpha value is -3.15. The van der Waals surface area contributed by atoms with Crippen molar-refractivity contribution in [3.63, 3.8) is 0 Å². The van der Waals surface area contributed by atoms with Gasteiger partial charge < -0.3 is 20.9 Å². The van der Waals surface area contributed by atoms with Crippen LogP contribution in [0.4, 0.5) is 5.95 Å². The highest BCUT2D eigenvalue weighted by molar-refractivity contribution is 6.31. The number of carbonyl (C=O) groups excluding carboxylic acids is 1. The third-order valence-electron chi connectivity index (χ3n) is 8.54. The third-order valence-corrected chi connectivity index (χ3v) is 8.91. The lowest BCUT2D eigenvalue weighted by atomic mass is 9.84. The van der Waals surface area contributed by atoms with E-state index in [4.69, 9.17) is 22.3 Å². The van der Waals surface area contributed by atoms with E-state index in [0.29, 0.717) is 23.4 Å². The Labute approximate surface area is 231 Å². The van der Waals surface area contributed by atoms with Gasteiger partial charge in [-0.3, -0.25) is 18.7 Å². The lowest BCUT2D eigenvalue weighted by Gasteiger charge is -2.44. The number of fused-ring (bicyclic) bond motifs is 4. The van der Waals surface area contributed by atoms with Crippen molar-refractivity contribution in [1.29, 1.82) is 0 Å². The van der Waals surface area contributed by atoms with Crippen molar-refractivity contribution in [3.8, 4) is 0 Å². The molecular weight excluding hydrogens is 520 g/mol. The fourth-order valence-corrected chi connectivity index (χ4v) is 6.60. The summed E-state index contributed by atoms with van der Waals surface area (Å²) in [5.41, 5.74) is 6.53. The van der Waals surface area contributed by atoms with Crippen LogP contribution in [0.25, 0.3) is 11.2 Å². The molecule has 2 bridgehead atoms. The van der Waals surface area contributed by atoms with E-state index >= 15 is 0 Å². The fraction of sp³-hybridized carbons (Fsp3) is 0.556. The highest BCUT2D eigenvalue weighted by Crippen LogP contribution is 2.28. The van der Waals surface area contributed by atoms with E-state index in [1.165, 1.54) is 4.57 Å². The number of carbonyl (C=O) groups is 1. The van der Waals surface area contributed by atoms with Gasteiger partial charge in [0, 0.05) is 43.8 Å². The minimum absolute atomic E-state index is 0.0112. The summed E-state index contributed by atoms with van der Waals surface area (Å²) in [6, 6.07) is 7.49. The van der Waals surface area contributed by atoms with Crippen molar-refractivity contribution in [2.75, 3.05) is 37.6 Å². The van der Waals surface area contributed by atoms with Crippen molar-refractivity contribution in [3.05, 3.63) is 55.7 Å². The third kappa shape index (κ3) is 4.87. The second kappa shape index (κ2) is 10.4. The maximum atomic E-state index is 13.9. The van der Waals surface area contributed by atoms with Crippen molar-refractivity contribution >= 4 is 34.6 Å². The van der Waals surface area contributed by atoms with E-state index in [-0.39, 0.29) is 42.2 Å².